The minimum absolute atomic E-state index is 0.486. The molecule has 1 atom stereocenters. The average Bonchev–Trinajstić information content (AvgIpc) is 3.67. The third kappa shape index (κ3) is 6.04. The van der Waals surface area contributed by atoms with Crippen LogP contribution in [0.2, 0.25) is 0 Å². The Kier molecular flexibility index (Phi) is 9.13. The van der Waals surface area contributed by atoms with Crippen molar-refractivity contribution in [2.24, 2.45) is 0 Å². The molecule has 4 nitrogen and oxygen atoms in total. The van der Waals surface area contributed by atoms with Gasteiger partial charge in [-0.15, -0.1) is 0 Å². The Hall–Kier alpha value is -5.48. The molecule has 0 fully saturated rings. The van der Waals surface area contributed by atoms with E-state index in [2.05, 4.69) is 199 Å². The quantitative estimate of drug-likeness (QED) is 0.164. The number of hydrogen-bond donors (Lipinski definition) is 0. The molecule has 2 aromatic heterocycles. The molecule has 1 unspecified atom stereocenters. The molecule has 0 N–H and O–H groups in total. The molecule has 0 amide bonds. The minimum atomic E-state index is 0.486. The van der Waals surface area contributed by atoms with Gasteiger partial charge in [-0.3, -0.25) is 0 Å². The van der Waals surface area contributed by atoms with E-state index in [1.807, 2.05) is 0 Å². The number of nitrogens with zero attached hydrogens (tertiary/aromatic N) is 4. The van der Waals surface area contributed by atoms with E-state index in [0.717, 1.165) is 19.4 Å². The van der Waals surface area contributed by atoms with E-state index >= 15 is 0 Å². The van der Waals surface area contributed by atoms with Gasteiger partial charge < -0.3 is 18.9 Å². The molecule has 246 valence electrons. The van der Waals surface area contributed by atoms with Crippen molar-refractivity contribution >= 4 is 66.4 Å². The Morgan fingerprint density at radius 3 is 1.45 bits per heavy atom. The van der Waals surface area contributed by atoms with Crippen LogP contribution in [-0.2, 0) is 6.54 Å². The summed E-state index contributed by atoms with van der Waals surface area (Å²) in [5.41, 5.74) is 10.1. The summed E-state index contributed by atoms with van der Waals surface area (Å²) < 4.78 is 4.92. The minimum Gasteiger partial charge on any atom is -0.345 e. The van der Waals surface area contributed by atoms with Crippen LogP contribution in [0.15, 0.2) is 146 Å². The highest BCUT2D eigenvalue weighted by Gasteiger charge is 2.16. The molecule has 0 bridgehead atoms. The monoisotopic (exact) mass is 642 g/mol. The predicted octanol–water partition coefficient (Wildman–Crippen LogP) is 12.5. The van der Waals surface area contributed by atoms with Crippen molar-refractivity contribution in [3.8, 4) is 0 Å². The van der Waals surface area contributed by atoms with Crippen molar-refractivity contribution in [3.63, 3.8) is 0 Å². The summed E-state index contributed by atoms with van der Waals surface area (Å²) in [5, 5.41) is 5.33. The van der Waals surface area contributed by atoms with E-state index in [1.165, 1.54) is 66.4 Å². The van der Waals surface area contributed by atoms with Crippen LogP contribution in [0.3, 0.4) is 0 Å². The second kappa shape index (κ2) is 13.9. The van der Waals surface area contributed by atoms with Gasteiger partial charge in [0.1, 0.15) is 0 Å². The van der Waals surface area contributed by atoms with Crippen molar-refractivity contribution < 1.29 is 0 Å². The van der Waals surface area contributed by atoms with Crippen LogP contribution < -0.4 is 9.80 Å². The SMILES string of the molecule is CCC(C)n1c2ccccc2c2cc(N(C)c3ccccc3)ccc21.CCCn1c2ccccc2c2cc(N(C)c3ccccc3)ccc21. The summed E-state index contributed by atoms with van der Waals surface area (Å²) in [5.74, 6) is 0. The van der Waals surface area contributed by atoms with Crippen molar-refractivity contribution in [3.05, 3.63) is 146 Å². The molecular formula is C45H46N4. The molecule has 2 heterocycles. The Balaban J connectivity index is 0.000000154. The largest absolute Gasteiger partial charge is 0.345 e. The lowest BCUT2D eigenvalue weighted by Crippen LogP contribution is -2.09. The molecule has 0 radical (unpaired) electrons. The molecule has 0 spiro atoms. The van der Waals surface area contributed by atoms with Crippen molar-refractivity contribution in [1.29, 1.82) is 0 Å². The summed E-state index contributed by atoms with van der Waals surface area (Å²) in [6.45, 7) is 7.84. The predicted molar refractivity (Wildman–Crippen MR) is 213 cm³/mol. The number of aryl methyl sites for hydroxylation is 1. The lowest BCUT2D eigenvalue weighted by Gasteiger charge is -2.20. The standard InChI is InChI=1S/C23H24N2.C22H22N2/c1-4-17(2)25-22-13-9-8-12-20(22)21-16-19(14-15-23(21)25)24(3)18-10-6-5-7-11-18;1-3-15-24-21-12-8-7-11-19(21)20-16-18(13-14-22(20)24)23(2)17-9-5-4-6-10-17/h5-17H,4H2,1-3H3;4-14,16H,3,15H2,1-2H3. The van der Waals surface area contributed by atoms with Gasteiger partial charge in [-0.2, -0.15) is 0 Å². The maximum Gasteiger partial charge on any atom is 0.0495 e. The van der Waals surface area contributed by atoms with Gasteiger partial charge in [0.25, 0.3) is 0 Å². The Morgan fingerprint density at radius 2 is 0.898 bits per heavy atom. The highest BCUT2D eigenvalue weighted by molar-refractivity contribution is 6.10. The second-order valence-electron chi connectivity index (χ2n) is 13.0. The first-order chi connectivity index (χ1) is 24.0. The Bertz CT molecular complexity index is 2330. The average molecular weight is 643 g/mol. The lowest BCUT2D eigenvalue weighted by molar-refractivity contribution is 0.563. The molecule has 8 rings (SSSR count). The first-order valence-electron chi connectivity index (χ1n) is 17.6. The smallest absolute Gasteiger partial charge is 0.0495 e. The number of aromatic nitrogens is 2. The molecular weight excluding hydrogens is 597 g/mol. The first kappa shape index (κ1) is 32.1. The summed E-state index contributed by atoms with van der Waals surface area (Å²) in [7, 11) is 4.26. The van der Waals surface area contributed by atoms with Crippen LogP contribution in [0.1, 0.15) is 39.7 Å². The van der Waals surface area contributed by atoms with E-state index in [9.17, 15) is 0 Å². The molecule has 0 saturated carbocycles. The van der Waals surface area contributed by atoms with Gasteiger partial charge in [0.05, 0.1) is 0 Å². The fourth-order valence-electron chi connectivity index (χ4n) is 7.17. The molecule has 0 aliphatic carbocycles. The number of rotatable bonds is 8. The lowest BCUT2D eigenvalue weighted by atomic mass is 10.1. The van der Waals surface area contributed by atoms with Crippen molar-refractivity contribution in [2.45, 2.75) is 46.2 Å². The van der Waals surface area contributed by atoms with E-state index in [-0.39, 0.29) is 0 Å². The normalized spacial score (nSPS) is 11.9. The highest BCUT2D eigenvalue weighted by atomic mass is 15.1. The van der Waals surface area contributed by atoms with Gasteiger partial charge in [0.15, 0.2) is 0 Å². The molecule has 0 aliphatic rings. The van der Waals surface area contributed by atoms with E-state index < -0.39 is 0 Å². The maximum absolute atomic E-state index is 2.48. The number of para-hydroxylation sites is 4. The van der Waals surface area contributed by atoms with Gasteiger partial charge in [-0.25, -0.2) is 0 Å². The molecule has 0 saturated heterocycles. The van der Waals surface area contributed by atoms with Crippen LogP contribution in [0.4, 0.5) is 22.7 Å². The van der Waals surface area contributed by atoms with Gasteiger partial charge in [0, 0.05) is 93.0 Å². The molecule has 0 aliphatic heterocycles. The number of hydrogen-bond acceptors (Lipinski definition) is 2. The van der Waals surface area contributed by atoms with Gasteiger partial charge in [0.2, 0.25) is 0 Å². The first-order valence-corrected chi connectivity index (χ1v) is 17.6. The molecule has 4 heteroatoms. The number of anilines is 4. The van der Waals surface area contributed by atoms with Crippen LogP contribution in [0.5, 0.6) is 0 Å². The molecule has 49 heavy (non-hydrogen) atoms. The van der Waals surface area contributed by atoms with Gasteiger partial charge >= 0.3 is 0 Å². The van der Waals surface area contributed by atoms with E-state index in [4.69, 9.17) is 0 Å². The fourth-order valence-corrected chi connectivity index (χ4v) is 7.17. The van der Waals surface area contributed by atoms with E-state index in [0.29, 0.717) is 6.04 Å². The number of benzene rings is 6. The van der Waals surface area contributed by atoms with Crippen LogP contribution in [0.25, 0.3) is 43.6 Å². The van der Waals surface area contributed by atoms with Crippen molar-refractivity contribution in [1.82, 2.24) is 9.13 Å². The molecule has 6 aromatic carbocycles. The summed E-state index contributed by atoms with van der Waals surface area (Å²) in [6, 6.07) is 52.6. The van der Waals surface area contributed by atoms with Gasteiger partial charge in [-0.05, 0) is 92.6 Å². The third-order valence-electron chi connectivity index (χ3n) is 9.99. The Morgan fingerprint density at radius 1 is 0.469 bits per heavy atom. The van der Waals surface area contributed by atoms with Gasteiger partial charge in [-0.1, -0.05) is 86.6 Å². The summed E-state index contributed by atoms with van der Waals surface area (Å²) in [4.78, 5) is 4.49. The zero-order chi connectivity index (χ0) is 33.9. The zero-order valence-electron chi connectivity index (χ0n) is 29.3. The zero-order valence-corrected chi connectivity index (χ0v) is 29.3. The van der Waals surface area contributed by atoms with Crippen LogP contribution >= 0.6 is 0 Å². The fraction of sp³-hybridized carbons (Fsp3) is 0.200. The Labute approximate surface area is 290 Å². The van der Waals surface area contributed by atoms with Crippen LogP contribution in [-0.4, -0.2) is 23.2 Å². The highest BCUT2D eigenvalue weighted by Crippen LogP contribution is 2.37. The summed E-state index contributed by atoms with van der Waals surface area (Å²) in [6.07, 6.45) is 2.26. The summed E-state index contributed by atoms with van der Waals surface area (Å²) >= 11 is 0. The number of fused-ring (bicyclic) bond motifs is 6. The third-order valence-corrected chi connectivity index (χ3v) is 9.99. The second-order valence-corrected chi connectivity index (χ2v) is 13.0. The van der Waals surface area contributed by atoms with Crippen molar-refractivity contribution in [2.75, 3.05) is 23.9 Å². The maximum atomic E-state index is 2.48. The topological polar surface area (TPSA) is 16.3 Å². The van der Waals surface area contributed by atoms with E-state index in [1.54, 1.807) is 0 Å². The molecule has 8 aromatic rings. The van der Waals surface area contributed by atoms with Crippen LogP contribution in [0, 0.1) is 0 Å².